The van der Waals surface area contributed by atoms with Gasteiger partial charge < -0.3 is 9.73 Å². The third kappa shape index (κ3) is 2.93. The summed E-state index contributed by atoms with van der Waals surface area (Å²) in [6.45, 7) is 9.59. The zero-order valence-electron chi connectivity index (χ0n) is 12.7. The molecule has 1 N–H and O–H groups in total. The van der Waals surface area contributed by atoms with Crippen LogP contribution in [0.15, 0.2) is 34.7 Å². The molecule has 3 heteroatoms. The van der Waals surface area contributed by atoms with Gasteiger partial charge in [0.2, 0.25) is 5.88 Å². The van der Waals surface area contributed by atoms with Crippen LogP contribution in [0.2, 0.25) is 0 Å². The number of furan rings is 1. The van der Waals surface area contributed by atoms with Gasteiger partial charge in [0.15, 0.2) is 5.78 Å². The van der Waals surface area contributed by atoms with Crippen LogP contribution in [0.4, 0.5) is 5.88 Å². The van der Waals surface area contributed by atoms with Gasteiger partial charge in [-0.05, 0) is 40.2 Å². The lowest BCUT2D eigenvalue weighted by molar-refractivity contribution is 0.101. The van der Waals surface area contributed by atoms with Gasteiger partial charge in [-0.15, -0.1) is 0 Å². The zero-order chi connectivity index (χ0) is 14.9. The number of rotatable bonds is 3. The van der Waals surface area contributed by atoms with Crippen molar-refractivity contribution in [1.29, 1.82) is 0 Å². The number of carbonyl (C=O) groups is 1. The minimum absolute atomic E-state index is 0.0204. The van der Waals surface area contributed by atoms with Gasteiger partial charge in [0.1, 0.15) is 5.76 Å². The minimum atomic E-state index is -0.137. The van der Waals surface area contributed by atoms with E-state index in [-0.39, 0.29) is 11.3 Å². The Hall–Kier alpha value is -2.03. The number of aryl methyl sites for hydroxylation is 1. The van der Waals surface area contributed by atoms with E-state index in [4.69, 9.17) is 4.42 Å². The lowest BCUT2D eigenvalue weighted by atomic mass is 9.99. The van der Waals surface area contributed by atoms with E-state index in [0.29, 0.717) is 17.2 Å². The molecule has 0 saturated carbocycles. The SMILES string of the molecule is CC(=O)c1c(C)oc(NC(C)(C)C)c1-c1ccccc1. The monoisotopic (exact) mass is 271 g/mol. The van der Waals surface area contributed by atoms with E-state index in [1.165, 1.54) is 0 Å². The normalized spacial score (nSPS) is 11.4. The molecule has 0 saturated heterocycles. The second-order valence-corrected chi connectivity index (χ2v) is 6.03. The highest BCUT2D eigenvalue weighted by Crippen LogP contribution is 2.37. The molecule has 0 bridgehead atoms. The third-order valence-electron chi connectivity index (χ3n) is 2.99. The smallest absolute Gasteiger partial charge is 0.202 e. The quantitative estimate of drug-likeness (QED) is 0.825. The Labute approximate surface area is 120 Å². The molecule has 2 rings (SSSR count). The van der Waals surface area contributed by atoms with Crippen molar-refractivity contribution < 1.29 is 9.21 Å². The van der Waals surface area contributed by atoms with Gasteiger partial charge in [0.25, 0.3) is 0 Å². The number of ketones is 1. The van der Waals surface area contributed by atoms with E-state index in [2.05, 4.69) is 26.1 Å². The Kier molecular flexibility index (Phi) is 3.71. The molecule has 1 heterocycles. The van der Waals surface area contributed by atoms with E-state index in [1.54, 1.807) is 6.92 Å². The number of benzene rings is 1. The molecule has 0 unspecified atom stereocenters. The number of nitrogens with one attached hydrogen (secondary N) is 1. The average molecular weight is 271 g/mol. The van der Waals surface area contributed by atoms with Gasteiger partial charge >= 0.3 is 0 Å². The molecule has 0 aliphatic carbocycles. The number of carbonyl (C=O) groups excluding carboxylic acids is 1. The molecule has 0 atom stereocenters. The van der Waals surface area contributed by atoms with E-state index in [0.717, 1.165) is 11.1 Å². The molecule has 0 aliphatic rings. The van der Waals surface area contributed by atoms with Crippen LogP contribution >= 0.6 is 0 Å². The van der Waals surface area contributed by atoms with Crippen LogP contribution in [0.25, 0.3) is 11.1 Å². The fourth-order valence-corrected chi connectivity index (χ4v) is 2.28. The molecule has 3 nitrogen and oxygen atoms in total. The number of hydrogen-bond acceptors (Lipinski definition) is 3. The molecule has 2 aromatic rings. The van der Waals surface area contributed by atoms with Gasteiger partial charge in [-0.2, -0.15) is 0 Å². The van der Waals surface area contributed by atoms with Crippen LogP contribution < -0.4 is 5.32 Å². The first-order valence-electron chi connectivity index (χ1n) is 6.77. The van der Waals surface area contributed by atoms with E-state index < -0.39 is 0 Å². The fraction of sp³-hybridized carbons (Fsp3) is 0.353. The zero-order valence-corrected chi connectivity index (χ0v) is 12.7. The van der Waals surface area contributed by atoms with E-state index in [1.807, 2.05) is 37.3 Å². The highest BCUT2D eigenvalue weighted by molar-refractivity contribution is 6.04. The lowest BCUT2D eigenvalue weighted by Gasteiger charge is -2.21. The van der Waals surface area contributed by atoms with E-state index in [9.17, 15) is 4.79 Å². The lowest BCUT2D eigenvalue weighted by Crippen LogP contribution is -2.26. The van der Waals surface area contributed by atoms with Crippen LogP contribution in [0.1, 0.15) is 43.8 Å². The fourth-order valence-electron chi connectivity index (χ4n) is 2.28. The molecule has 0 spiro atoms. The van der Waals surface area contributed by atoms with Crippen LogP contribution in [0.5, 0.6) is 0 Å². The molecular formula is C17H21NO2. The molecule has 0 amide bonds. The summed E-state index contributed by atoms with van der Waals surface area (Å²) < 4.78 is 5.81. The van der Waals surface area contributed by atoms with Crippen molar-refractivity contribution in [1.82, 2.24) is 0 Å². The van der Waals surface area contributed by atoms with Crippen molar-refractivity contribution in [3.8, 4) is 11.1 Å². The molecule has 0 aliphatic heterocycles. The Balaban J connectivity index is 2.65. The maximum atomic E-state index is 12.0. The predicted octanol–water partition coefficient (Wildman–Crippen LogP) is 4.67. The first-order valence-corrected chi connectivity index (χ1v) is 6.77. The van der Waals surface area contributed by atoms with Gasteiger partial charge in [0, 0.05) is 5.54 Å². The van der Waals surface area contributed by atoms with Crippen LogP contribution in [-0.4, -0.2) is 11.3 Å². The first-order chi connectivity index (χ1) is 9.29. The summed E-state index contributed by atoms with van der Waals surface area (Å²) in [4.78, 5) is 12.0. The minimum Gasteiger partial charge on any atom is -0.445 e. The molecule has 1 aromatic carbocycles. The molecule has 0 fully saturated rings. The summed E-state index contributed by atoms with van der Waals surface area (Å²) >= 11 is 0. The molecule has 1 aromatic heterocycles. The topological polar surface area (TPSA) is 42.2 Å². The van der Waals surface area contributed by atoms with Gasteiger partial charge in [0.05, 0.1) is 11.1 Å². The standard InChI is InChI=1S/C17H21NO2/c1-11(19)14-12(2)20-16(18-17(3,4)5)15(14)13-9-7-6-8-10-13/h6-10,18H,1-5H3. The summed E-state index contributed by atoms with van der Waals surface area (Å²) in [6, 6.07) is 9.86. The Morgan fingerprint density at radius 3 is 2.25 bits per heavy atom. The van der Waals surface area contributed by atoms with Crippen LogP contribution in [0, 0.1) is 6.92 Å². The highest BCUT2D eigenvalue weighted by atomic mass is 16.4. The largest absolute Gasteiger partial charge is 0.445 e. The van der Waals surface area contributed by atoms with E-state index >= 15 is 0 Å². The van der Waals surface area contributed by atoms with Crippen LogP contribution in [-0.2, 0) is 0 Å². The Morgan fingerprint density at radius 2 is 1.75 bits per heavy atom. The molecule has 20 heavy (non-hydrogen) atoms. The molecule has 0 radical (unpaired) electrons. The Morgan fingerprint density at radius 1 is 1.15 bits per heavy atom. The number of anilines is 1. The van der Waals surface area contributed by atoms with Crippen molar-refractivity contribution in [2.75, 3.05) is 5.32 Å². The Bertz CT molecular complexity index is 618. The highest BCUT2D eigenvalue weighted by Gasteiger charge is 2.24. The van der Waals surface area contributed by atoms with Gasteiger partial charge in [-0.25, -0.2) is 0 Å². The molecule has 106 valence electrons. The van der Waals surface area contributed by atoms with Crippen molar-refractivity contribution in [3.63, 3.8) is 0 Å². The summed E-state index contributed by atoms with van der Waals surface area (Å²) in [6.07, 6.45) is 0. The van der Waals surface area contributed by atoms with Crippen molar-refractivity contribution in [2.24, 2.45) is 0 Å². The summed E-state index contributed by atoms with van der Waals surface area (Å²) in [5.41, 5.74) is 2.36. The molecular weight excluding hydrogens is 250 g/mol. The second kappa shape index (κ2) is 5.16. The number of Topliss-reactive ketones (excluding diaryl/α,β-unsaturated/α-hetero) is 1. The predicted molar refractivity (Wildman–Crippen MR) is 82.3 cm³/mol. The summed E-state index contributed by atoms with van der Waals surface area (Å²) in [5, 5.41) is 3.35. The maximum absolute atomic E-state index is 12.0. The average Bonchev–Trinajstić information content (AvgIpc) is 2.64. The third-order valence-corrected chi connectivity index (χ3v) is 2.99. The maximum Gasteiger partial charge on any atom is 0.202 e. The summed E-state index contributed by atoms with van der Waals surface area (Å²) in [7, 11) is 0. The van der Waals surface area contributed by atoms with Gasteiger partial charge in [-0.3, -0.25) is 4.79 Å². The first kappa shape index (κ1) is 14.4. The number of hydrogen-bond donors (Lipinski definition) is 1. The van der Waals surface area contributed by atoms with Gasteiger partial charge in [-0.1, -0.05) is 30.3 Å². The van der Waals surface area contributed by atoms with Crippen molar-refractivity contribution in [2.45, 2.75) is 40.2 Å². The van der Waals surface area contributed by atoms with Crippen molar-refractivity contribution in [3.05, 3.63) is 41.7 Å². The summed E-state index contributed by atoms with van der Waals surface area (Å²) in [5.74, 6) is 1.33. The van der Waals surface area contributed by atoms with Crippen LogP contribution in [0.3, 0.4) is 0 Å². The second-order valence-electron chi connectivity index (χ2n) is 6.03. The van der Waals surface area contributed by atoms with Crippen molar-refractivity contribution >= 4 is 11.7 Å².